The molecule has 0 aliphatic heterocycles. The van der Waals surface area contributed by atoms with Crippen LogP contribution in [0.15, 0.2) is 29.2 Å². The largest absolute Gasteiger partial charge is 0.492 e. The second kappa shape index (κ2) is 14.2. The van der Waals surface area contributed by atoms with Gasteiger partial charge in [0, 0.05) is 16.2 Å². The number of halogens is 3. The number of rotatable bonds is 10. The van der Waals surface area contributed by atoms with Gasteiger partial charge in [0.05, 0.1) is 6.61 Å². The number of alkyl halides is 3. The molecule has 0 spiro atoms. The first-order valence-corrected chi connectivity index (χ1v) is 7.83. The highest BCUT2D eigenvalue weighted by molar-refractivity contribution is 7.80. The normalized spacial score (nSPS) is 10.1. The van der Waals surface area contributed by atoms with Crippen molar-refractivity contribution in [1.82, 2.24) is 0 Å². The van der Waals surface area contributed by atoms with Crippen molar-refractivity contribution in [1.29, 1.82) is 0 Å². The smallest absolute Gasteiger partial charge is 0.379 e. The van der Waals surface area contributed by atoms with Crippen LogP contribution in [0.2, 0.25) is 0 Å². The maximum Gasteiger partial charge on any atom is 0.379 e. The minimum atomic E-state index is -3.67. The van der Waals surface area contributed by atoms with Crippen LogP contribution in [-0.4, -0.2) is 24.8 Å². The number of nitrogens with zero attached hydrogens (tertiary/aromatic N) is 1. The summed E-state index contributed by atoms with van der Waals surface area (Å²) >= 11 is 4.32. The molecule has 0 atom stereocenters. The molecule has 0 fully saturated rings. The third kappa shape index (κ3) is 15.2. The molecule has 132 valence electrons. The van der Waals surface area contributed by atoms with Crippen LogP contribution >= 0.6 is 12.6 Å². The van der Waals surface area contributed by atoms with Crippen molar-refractivity contribution in [2.24, 2.45) is 0 Å². The van der Waals surface area contributed by atoms with Gasteiger partial charge in [-0.25, -0.2) is 0 Å². The molecular formula is C15H22F3NO3S. The molecule has 0 amide bonds. The van der Waals surface area contributed by atoms with Gasteiger partial charge < -0.3 is 4.74 Å². The third-order valence-electron chi connectivity index (χ3n) is 2.86. The highest BCUT2D eigenvalue weighted by Crippen LogP contribution is 2.21. The SMILES string of the molecule is FC(F)F.O=[N+]([O-])CCCCCCCCOc1ccccc1S. The van der Waals surface area contributed by atoms with E-state index >= 15 is 0 Å². The van der Waals surface area contributed by atoms with Crippen molar-refractivity contribution in [3.8, 4) is 5.75 Å². The van der Waals surface area contributed by atoms with Crippen LogP contribution in [0.1, 0.15) is 38.5 Å². The molecule has 23 heavy (non-hydrogen) atoms. The van der Waals surface area contributed by atoms with E-state index in [1.54, 1.807) is 0 Å². The van der Waals surface area contributed by atoms with Crippen molar-refractivity contribution < 1.29 is 22.8 Å². The molecule has 1 aromatic carbocycles. The summed E-state index contributed by atoms with van der Waals surface area (Å²) in [5, 5.41) is 10.1. The first-order valence-electron chi connectivity index (χ1n) is 7.38. The maximum absolute atomic E-state index is 10.1. The summed E-state index contributed by atoms with van der Waals surface area (Å²) in [6.45, 7) is -2.87. The predicted octanol–water partition coefficient (Wildman–Crippen LogP) is 5.15. The van der Waals surface area contributed by atoms with Crippen molar-refractivity contribution in [2.75, 3.05) is 13.2 Å². The Hall–Kier alpha value is -1.44. The molecular weight excluding hydrogens is 331 g/mol. The Bertz CT molecular complexity index is 433. The summed E-state index contributed by atoms with van der Waals surface area (Å²) in [4.78, 5) is 10.7. The van der Waals surface area contributed by atoms with E-state index in [4.69, 9.17) is 4.74 Å². The molecule has 0 saturated heterocycles. The highest BCUT2D eigenvalue weighted by atomic mass is 32.1. The second-order valence-electron chi connectivity index (χ2n) is 4.74. The molecule has 0 aliphatic rings. The van der Waals surface area contributed by atoms with Gasteiger partial charge in [0.25, 0.3) is 0 Å². The summed E-state index contributed by atoms with van der Waals surface area (Å²) in [6, 6.07) is 7.69. The van der Waals surface area contributed by atoms with Crippen molar-refractivity contribution >= 4 is 12.6 Å². The number of para-hydroxylation sites is 1. The number of hydrogen-bond acceptors (Lipinski definition) is 4. The van der Waals surface area contributed by atoms with E-state index in [1.165, 1.54) is 0 Å². The molecule has 0 unspecified atom stereocenters. The number of benzene rings is 1. The van der Waals surface area contributed by atoms with Gasteiger partial charge in [0.15, 0.2) is 0 Å². The van der Waals surface area contributed by atoms with Crippen LogP contribution in [0.4, 0.5) is 13.2 Å². The number of ether oxygens (including phenoxy) is 1. The lowest BCUT2D eigenvalue weighted by atomic mass is 10.1. The van der Waals surface area contributed by atoms with Crippen LogP contribution in [0.3, 0.4) is 0 Å². The standard InChI is InChI=1S/C14H21NO3S.CHF3/c16-15(17)11-7-3-1-2-4-8-12-18-13-9-5-6-10-14(13)19;2-1(3)4/h5-6,9-10,19H,1-4,7-8,11-12H2;1H. The van der Waals surface area contributed by atoms with Gasteiger partial charge in [-0.2, -0.15) is 13.2 Å². The Kier molecular flexibility index (Phi) is 13.3. The van der Waals surface area contributed by atoms with Crippen molar-refractivity contribution in [3.63, 3.8) is 0 Å². The van der Waals surface area contributed by atoms with Crippen LogP contribution in [0, 0.1) is 10.1 Å². The van der Waals surface area contributed by atoms with Gasteiger partial charge in [0.2, 0.25) is 6.54 Å². The van der Waals surface area contributed by atoms with Gasteiger partial charge in [-0.3, -0.25) is 10.1 Å². The number of thiol groups is 1. The van der Waals surface area contributed by atoms with E-state index in [0.29, 0.717) is 13.0 Å². The molecule has 0 radical (unpaired) electrons. The van der Waals surface area contributed by atoms with Gasteiger partial charge >= 0.3 is 6.68 Å². The zero-order valence-electron chi connectivity index (χ0n) is 12.8. The monoisotopic (exact) mass is 353 g/mol. The number of hydrogen-bond donors (Lipinski definition) is 1. The molecule has 0 saturated carbocycles. The maximum atomic E-state index is 10.1. The average molecular weight is 353 g/mol. The summed E-state index contributed by atoms with van der Waals surface area (Å²) in [5.41, 5.74) is 0. The Morgan fingerprint density at radius 1 is 1.04 bits per heavy atom. The number of unbranched alkanes of at least 4 members (excludes halogenated alkanes) is 5. The average Bonchev–Trinajstić information content (AvgIpc) is 2.46. The lowest BCUT2D eigenvalue weighted by Crippen LogP contribution is -2.00. The first-order chi connectivity index (χ1) is 10.9. The van der Waals surface area contributed by atoms with Gasteiger partial charge in [0.1, 0.15) is 5.75 Å². The molecule has 0 N–H and O–H groups in total. The lowest BCUT2D eigenvalue weighted by Gasteiger charge is -2.07. The molecule has 0 heterocycles. The van der Waals surface area contributed by atoms with Crippen molar-refractivity contribution in [2.45, 2.75) is 50.1 Å². The first kappa shape index (κ1) is 21.6. The van der Waals surface area contributed by atoms with Gasteiger partial charge in [-0.1, -0.05) is 31.4 Å². The van der Waals surface area contributed by atoms with E-state index in [2.05, 4.69) is 12.6 Å². The van der Waals surface area contributed by atoms with E-state index in [1.807, 2.05) is 24.3 Å². The molecule has 0 bridgehead atoms. The fourth-order valence-corrected chi connectivity index (χ4v) is 2.04. The van der Waals surface area contributed by atoms with E-state index in [-0.39, 0.29) is 11.5 Å². The molecule has 1 rings (SSSR count). The molecule has 4 nitrogen and oxygen atoms in total. The van der Waals surface area contributed by atoms with Crippen LogP contribution in [-0.2, 0) is 0 Å². The summed E-state index contributed by atoms with van der Waals surface area (Å²) < 4.78 is 34.6. The summed E-state index contributed by atoms with van der Waals surface area (Å²) in [6.07, 6.45) is 5.93. The van der Waals surface area contributed by atoms with Crippen LogP contribution < -0.4 is 4.74 Å². The van der Waals surface area contributed by atoms with Gasteiger partial charge in [-0.15, -0.1) is 12.6 Å². The zero-order chi connectivity index (χ0) is 17.5. The molecule has 0 aliphatic carbocycles. The molecule has 0 aromatic heterocycles. The van der Waals surface area contributed by atoms with Crippen LogP contribution in [0.5, 0.6) is 5.75 Å². The topological polar surface area (TPSA) is 52.4 Å². The number of nitro groups is 1. The summed E-state index contributed by atoms with van der Waals surface area (Å²) in [7, 11) is 0. The summed E-state index contributed by atoms with van der Waals surface area (Å²) in [5.74, 6) is 0.830. The predicted molar refractivity (Wildman–Crippen MR) is 85.9 cm³/mol. The third-order valence-corrected chi connectivity index (χ3v) is 3.23. The highest BCUT2D eigenvalue weighted by Gasteiger charge is 1.99. The lowest BCUT2D eigenvalue weighted by molar-refractivity contribution is -0.480. The van der Waals surface area contributed by atoms with E-state index in [9.17, 15) is 23.3 Å². The van der Waals surface area contributed by atoms with Gasteiger partial charge in [-0.05, 0) is 25.0 Å². The Labute approximate surface area is 139 Å². The quantitative estimate of drug-likeness (QED) is 0.274. The van der Waals surface area contributed by atoms with E-state index in [0.717, 1.165) is 42.7 Å². The zero-order valence-corrected chi connectivity index (χ0v) is 13.7. The Morgan fingerprint density at radius 2 is 1.57 bits per heavy atom. The minimum Gasteiger partial charge on any atom is -0.492 e. The second-order valence-corrected chi connectivity index (χ2v) is 5.22. The Morgan fingerprint density at radius 3 is 2.13 bits per heavy atom. The minimum absolute atomic E-state index is 0.0990. The molecule has 1 aromatic rings. The fourth-order valence-electron chi connectivity index (χ4n) is 1.81. The van der Waals surface area contributed by atoms with Crippen molar-refractivity contribution in [3.05, 3.63) is 34.4 Å². The Balaban J connectivity index is 0.00000108. The van der Waals surface area contributed by atoms with Crippen LogP contribution in [0.25, 0.3) is 0 Å². The fraction of sp³-hybridized carbons (Fsp3) is 0.600. The molecule has 8 heteroatoms. The van der Waals surface area contributed by atoms with E-state index < -0.39 is 6.68 Å².